The second-order valence-corrected chi connectivity index (χ2v) is 12.0. The van der Waals surface area contributed by atoms with E-state index in [1.807, 2.05) is 30.3 Å². The zero-order valence-electron chi connectivity index (χ0n) is 23.1. The molecule has 2 bridgehead atoms. The topological polar surface area (TPSA) is 155 Å². The first-order valence-corrected chi connectivity index (χ1v) is 14.7. The van der Waals surface area contributed by atoms with E-state index < -0.39 is 33.7 Å². The first kappa shape index (κ1) is 31.4. The minimum atomic E-state index is -4.41. The number of benzene rings is 1. The number of ether oxygens (including phenoxy) is 2. The maximum absolute atomic E-state index is 12.5. The lowest BCUT2D eigenvalue weighted by atomic mass is 9.91. The van der Waals surface area contributed by atoms with Crippen LogP contribution in [0.1, 0.15) is 64.4 Å². The summed E-state index contributed by atoms with van der Waals surface area (Å²) in [7, 11) is -4.41. The van der Waals surface area contributed by atoms with Crippen LogP contribution >= 0.6 is 0 Å². The van der Waals surface area contributed by atoms with Crippen molar-refractivity contribution in [1.29, 1.82) is 0 Å². The second-order valence-electron chi connectivity index (χ2n) is 10.8. The highest BCUT2D eigenvalue weighted by Gasteiger charge is 2.45. The van der Waals surface area contributed by atoms with Gasteiger partial charge in [0.1, 0.15) is 18.5 Å². The Balaban J connectivity index is 1.29. The standard InChI is InChI=1S/C27H39N3O9S/c1-20-29-17-22(13-14-23(29)26(28)33)30(20)39-40(34,35)38-19-27(2,3)15-16-36-24(31)11-7-8-12-25(32)37-18-21-9-5-4-6-10-21/h4-6,9-10,22-23H,1,7-8,11-19H2,2-3H3,(H2,28,33)/t22-,23+/m1/s1. The van der Waals surface area contributed by atoms with Gasteiger partial charge in [-0.3, -0.25) is 14.4 Å². The molecule has 13 heteroatoms. The van der Waals surface area contributed by atoms with Gasteiger partial charge in [0, 0.05) is 19.4 Å². The van der Waals surface area contributed by atoms with Crippen molar-refractivity contribution < 1.29 is 40.7 Å². The van der Waals surface area contributed by atoms with E-state index in [4.69, 9.17) is 23.7 Å². The number of unbranched alkanes of at least 4 members (excludes halogenated alkanes) is 1. The highest BCUT2D eigenvalue weighted by Crippen LogP contribution is 2.35. The van der Waals surface area contributed by atoms with Gasteiger partial charge in [-0.25, -0.2) is 9.25 Å². The van der Waals surface area contributed by atoms with Gasteiger partial charge < -0.3 is 20.1 Å². The molecule has 2 saturated heterocycles. The number of nitrogens with zero attached hydrogens (tertiary/aromatic N) is 2. The Labute approximate surface area is 235 Å². The molecule has 40 heavy (non-hydrogen) atoms. The number of hydrogen-bond acceptors (Lipinski definition) is 11. The fourth-order valence-electron chi connectivity index (χ4n) is 4.45. The third kappa shape index (κ3) is 9.49. The molecule has 0 aliphatic carbocycles. The van der Waals surface area contributed by atoms with Crippen molar-refractivity contribution in [1.82, 2.24) is 9.96 Å². The molecule has 3 rings (SSSR count). The smallest absolute Gasteiger partial charge is 0.421 e. The molecule has 0 unspecified atom stereocenters. The van der Waals surface area contributed by atoms with Gasteiger partial charge in [0.15, 0.2) is 0 Å². The van der Waals surface area contributed by atoms with Crippen molar-refractivity contribution in [3.8, 4) is 0 Å². The fourth-order valence-corrected chi connectivity index (χ4v) is 5.36. The number of rotatable bonds is 16. The van der Waals surface area contributed by atoms with Gasteiger partial charge in [-0.1, -0.05) is 50.8 Å². The molecule has 222 valence electrons. The minimum Gasteiger partial charge on any atom is -0.466 e. The van der Waals surface area contributed by atoms with E-state index in [-0.39, 0.29) is 50.5 Å². The number of carbonyl (C=O) groups excluding carboxylic acids is 3. The molecule has 2 N–H and O–H groups in total. The molecule has 2 fully saturated rings. The maximum atomic E-state index is 12.5. The predicted octanol–water partition coefficient (Wildman–Crippen LogP) is 2.55. The van der Waals surface area contributed by atoms with Crippen molar-refractivity contribution >= 4 is 28.2 Å². The molecule has 1 aromatic carbocycles. The fraction of sp³-hybridized carbons (Fsp3) is 0.593. The van der Waals surface area contributed by atoms with E-state index in [0.29, 0.717) is 38.6 Å². The molecular weight excluding hydrogens is 542 g/mol. The summed E-state index contributed by atoms with van der Waals surface area (Å²) >= 11 is 0. The Morgan fingerprint density at radius 1 is 1.05 bits per heavy atom. The van der Waals surface area contributed by atoms with Crippen LogP contribution < -0.4 is 5.73 Å². The molecular formula is C27H39N3O9S. The van der Waals surface area contributed by atoms with E-state index in [9.17, 15) is 22.8 Å². The number of carbonyl (C=O) groups is 3. The van der Waals surface area contributed by atoms with Gasteiger partial charge in [-0.05, 0) is 43.1 Å². The highest BCUT2D eigenvalue weighted by atomic mass is 32.3. The van der Waals surface area contributed by atoms with Crippen LogP contribution in [0, 0.1) is 5.41 Å². The van der Waals surface area contributed by atoms with Crippen molar-refractivity contribution in [3.05, 3.63) is 48.3 Å². The summed E-state index contributed by atoms with van der Waals surface area (Å²) in [6, 6.07) is 8.55. The zero-order chi connectivity index (χ0) is 29.3. The third-order valence-corrected chi connectivity index (χ3v) is 7.61. The number of nitrogens with two attached hydrogens (primary N) is 1. The second kappa shape index (κ2) is 14.0. The molecule has 2 atom stereocenters. The van der Waals surface area contributed by atoms with Gasteiger partial charge in [-0.2, -0.15) is 8.42 Å². The maximum Gasteiger partial charge on any atom is 0.421 e. The number of amides is 1. The average Bonchev–Trinajstić information content (AvgIpc) is 3.13. The number of hydroxylamine groups is 2. The Bertz CT molecular complexity index is 1160. The number of hydrogen-bond donors (Lipinski definition) is 1. The summed E-state index contributed by atoms with van der Waals surface area (Å²) in [6.07, 6.45) is 2.73. The molecule has 0 radical (unpaired) electrons. The van der Waals surface area contributed by atoms with Crippen LogP contribution in [0.2, 0.25) is 0 Å². The molecule has 0 aromatic heterocycles. The van der Waals surface area contributed by atoms with E-state index in [0.717, 1.165) is 10.6 Å². The lowest BCUT2D eigenvalue weighted by Crippen LogP contribution is -2.46. The number of esters is 2. The average molecular weight is 582 g/mol. The zero-order valence-corrected chi connectivity index (χ0v) is 23.9. The molecule has 1 aromatic rings. The van der Waals surface area contributed by atoms with E-state index in [1.54, 1.807) is 18.7 Å². The largest absolute Gasteiger partial charge is 0.466 e. The SMILES string of the molecule is C=C1N2C[C@@H](CC[C@H]2C(N)=O)N1OS(=O)(=O)OCC(C)(C)CCOC(=O)CCCCC(=O)OCc1ccccc1. The van der Waals surface area contributed by atoms with Crippen molar-refractivity contribution in [2.24, 2.45) is 11.1 Å². The van der Waals surface area contributed by atoms with Gasteiger partial charge in [0.2, 0.25) is 5.91 Å². The molecule has 0 saturated carbocycles. The van der Waals surface area contributed by atoms with Crippen LogP contribution in [0.25, 0.3) is 0 Å². The van der Waals surface area contributed by atoms with E-state index in [2.05, 4.69) is 6.58 Å². The quantitative estimate of drug-likeness (QED) is 0.226. The predicted molar refractivity (Wildman–Crippen MR) is 144 cm³/mol. The van der Waals surface area contributed by atoms with Crippen LogP contribution in [0.15, 0.2) is 42.7 Å². The number of primary amides is 1. The lowest BCUT2D eigenvalue weighted by molar-refractivity contribution is -0.147. The summed E-state index contributed by atoms with van der Waals surface area (Å²) in [5.41, 5.74) is 5.71. The molecule has 2 heterocycles. The molecule has 1 amide bonds. The Morgan fingerprint density at radius 3 is 2.35 bits per heavy atom. The van der Waals surface area contributed by atoms with E-state index in [1.165, 1.54) is 0 Å². The third-order valence-electron chi connectivity index (χ3n) is 6.86. The summed E-state index contributed by atoms with van der Waals surface area (Å²) in [5, 5.41) is 1.16. The molecule has 0 spiro atoms. The Hall–Kier alpha value is -3.16. The summed E-state index contributed by atoms with van der Waals surface area (Å²) in [6.45, 7) is 7.90. The van der Waals surface area contributed by atoms with E-state index >= 15 is 0 Å². The summed E-state index contributed by atoms with van der Waals surface area (Å²) < 4.78 is 45.8. The Kier molecular flexibility index (Phi) is 10.9. The van der Waals surface area contributed by atoms with Gasteiger partial charge in [0.25, 0.3) is 0 Å². The minimum absolute atomic E-state index is 0.0870. The first-order valence-electron chi connectivity index (χ1n) is 13.3. The van der Waals surface area contributed by atoms with Gasteiger partial charge in [0.05, 0.1) is 19.3 Å². The van der Waals surface area contributed by atoms with Gasteiger partial charge >= 0.3 is 22.3 Å². The summed E-state index contributed by atoms with van der Waals surface area (Å²) in [4.78, 5) is 37.2. The monoisotopic (exact) mass is 581 g/mol. The van der Waals surface area contributed by atoms with Crippen molar-refractivity contribution in [2.45, 2.75) is 77.5 Å². The number of fused-ring (bicyclic) bond motifs is 2. The normalized spacial score (nSPS) is 19.0. The van der Waals surface area contributed by atoms with Crippen molar-refractivity contribution in [3.63, 3.8) is 0 Å². The Morgan fingerprint density at radius 2 is 1.70 bits per heavy atom. The van der Waals surface area contributed by atoms with Crippen LogP contribution in [-0.2, 0) is 49.3 Å². The van der Waals surface area contributed by atoms with Crippen LogP contribution in [-0.4, -0.2) is 68.1 Å². The molecule has 2 aliphatic heterocycles. The molecule has 2 aliphatic rings. The van der Waals surface area contributed by atoms with Crippen molar-refractivity contribution in [2.75, 3.05) is 19.8 Å². The lowest BCUT2D eigenvalue weighted by Gasteiger charge is -2.29. The molecule has 12 nitrogen and oxygen atoms in total. The highest BCUT2D eigenvalue weighted by molar-refractivity contribution is 7.81. The first-order chi connectivity index (χ1) is 18.9. The number of piperidine rings is 1. The van der Waals surface area contributed by atoms with Crippen LogP contribution in [0.3, 0.4) is 0 Å². The summed E-state index contributed by atoms with van der Waals surface area (Å²) in [5.74, 6) is -0.966. The van der Waals surface area contributed by atoms with Gasteiger partial charge in [-0.15, -0.1) is 4.28 Å². The van der Waals surface area contributed by atoms with Crippen LogP contribution in [0.4, 0.5) is 0 Å². The van der Waals surface area contributed by atoms with Crippen LogP contribution in [0.5, 0.6) is 0 Å².